The molecule has 0 radical (unpaired) electrons. The lowest BCUT2D eigenvalue weighted by Crippen LogP contribution is -2.11. The molecule has 1 nitrogen and oxygen atoms in total. The third-order valence-corrected chi connectivity index (χ3v) is 4.41. The van der Waals surface area contributed by atoms with Crippen LogP contribution in [0.25, 0.3) is 0 Å². The van der Waals surface area contributed by atoms with Crippen LogP contribution in [-0.4, -0.2) is 10.7 Å². The number of hydrogen-bond donors (Lipinski definition) is 0. The van der Waals surface area contributed by atoms with Gasteiger partial charge in [0.2, 0.25) is 0 Å². The highest BCUT2D eigenvalue weighted by Crippen LogP contribution is 2.26. The number of thioether (sulfide) groups is 1. The Hall–Kier alpha value is -0.0200. The van der Waals surface area contributed by atoms with Crippen molar-refractivity contribution in [2.24, 2.45) is 5.92 Å². The minimum absolute atomic E-state index is 0.192. The summed E-state index contributed by atoms with van der Waals surface area (Å²) in [5.41, 5.74) is 1.42. The van der Waals surface area contributed by atoms with E-state index in [1.807, 2.05) is 11.8 Å². The molecule has 0 N–H and O–H groups in total. The first-order valence-electron chi connectivity index (χ1n) is 5.42. The van der Waals surface area contributed by atoms with E-state index < -0.39 is 0 Å². The van der Waals surface area contributed by atoms with E-state index in [0.717, 1.165) is 11.7 Å². The van der Waals surface area contributed by atoms with Crippen LogP contribution in [0.2, 0.25) is 0 Å². The molecule has 0 saturated carbocycles. The Morgan fingerprint density at radius 1 is 1.40 bits per heavy atom. The van der Waals surface area contributed by atoms with Gasteiger partial charge < -0.3 is 0 Å². The second-order valence-electron chi connectivity index (χ2n) is 5.29. The van der Waals surface area contributed by atoms with E-state index in [4.69, 9.17) is 0 Å². The van der Waals surface area contributed by atoms with Crippen molar-refractivity contribution in [3.05, 3.63) is 16.1 Å². The molecule has 0 unspecified atom stereocenters. The summed E-state index contributed by atoms with van der Waals surface area (Å²) in [6.45, 7) is 11.2. The minimum Gasteiger partial charge on any atom is -0.245 e. The summed E-state index contributed by atoms with van der Waals surface area (Å²) < 4.78 is 0. The fourth-order valence-corrected chi connectivity index (χ4v) is 3.26. The second kappa shape index (κ2) is 5.35. The van der Waals surface area contributed by atoms with Crippen molar-refractivity contribution in [3.8, 4) is 0 Å². The van der Waals surface area contributed by atoms with Gasteiger partial charge in [-0.15, -0.1) is 11.3 Å². The molecule has 1 aromatic heterocycles. The number of aromatic nitrogens is 1. The van der Waals surface area contributed by atoms with Gasteiger partial charge in [-0.3, -0.25) is 0 Å². The lowest BCUT2D eigenvalue weighted by atomic mass is 9.93. The van der Waals surface area contributed by atoms with Gasteiger partial charge in [-0.05, 0) is 11.7 Å². The first-order chi connectivity index (χ1) is 6.89. The van der Waals surface area contributed by atoms with Crippen LogP contribution in [0.4, 0.5) is 0 Å². The average Bonchev–Trinajstić information content (AvgIpc) is 2.51. The Bertz CT molecular complexity index is 297. The molecular formula is C12H21NS2. The van der Waals surface area contributed by atoms with Crippen molar-refractivity contribution in [1.29, 1.82) is 0 Å². The highest BCUT2D eigenvalue weighted by Gasteiger charge is 2.17. The monoisotopic (exact) mass is 243 g/mol. The maximum atomic E-state index is 4.68. The molecule has 0 amide bonds. The molecule has 0 fully saturated rings. The van der Waals surface area contributed by atoms with E-state index in [1.54, 1.807) is 11.3 Å². The third kappa shape index (κ3) is 4.56. The SMILES string of the molecule is CC(C)CSCc1nc(C(C)(C)C)cs1. The zero-order chi connectivity index (χ0) is 11.5. The van der Waals surface area contributed by atoms with Crippen LogP contribution in [0.3, 0.4) is 0 Å². The molecule has 15 heavy (non-hydrogen) atoms. The van der Waals surface area contributed by atoms with E-state index in [0.29, 0.717) is 0 Å². The molecule has 0 aromatic carbocycles. The molecule has 86 valence electrons. The minimum atomic E-state index is 0.192. The van der Waals surface area contributed by atoms with Gasteiger partial charge in [0.25, 0.3) is 0 Å². The summed E-state index contributed by atoms with van der Waals surface area (Å²) in [7, 11) is 0. The molecule has 1 rings (SSSR count). The molecule has 0 aliphatic carbocycles. The maximum Gasteiger partial charge on any atom is 0.103 e. The molecular weight excluding hydrogens is 222 g/mol. The van der Waals surface area contributed by atoms with Gasteiger partial charge >= 0.3 is 0 Å². The van der Waals surface area contributed by atoms with Gasteiger partial charge in [0, 0.05) is 16.5 Å². The Morgan fingerprint density at radius 3 is 2.53 bits per heavy atom. The number of hydrogen-bond acceptors (Lipinski definition) is 3. The van der Waals surface area contributed by atoms with E-state index in [9.17, 15) is 0 Å². The molecule has 0 aliphatic heterocycles. The van der Waals surface area contributed by atoms with Crippen LogP contribution in [-0.2, 0) is 11.2 Å². The normalized spacial score (nSPS) is 12.4. The van der Waals surface area contributed by atoms with Crippen molar-refractivity contribution in [1.82, 2.24) is 4.98 Å². The Labute approximate surface area is 102 Å². The molecule has 1 aromatic rings. The molecule has 3 heteroatoms. The molecule has 0 atom stereocenters. The Balaban J connectivity index is 2.47. The lowest BCUT2D eigenvalue weighted by Gasteiger charge is -2.14. The average molecular weight is 243 g/mol. The van der Waals surface area contributed by atoms with Crippen molar-refractivity contribution in [3.63, 3.8) is 0 Å². The second-order valence-corrected chi connectivity index (χ2v) is 7.26. The first kappa shape index (κ1) is 13.0. The van der Waals surface area contributed by atoms with Gasteiger partial charge in [0.15, 0.2) is 0 Å². The summed E-state index contributed by atoms with van der Waals surface area (Å²) in [5, 5.41) is 3.47. The quantitative estimate of drug-likeness (QED) is 0.780. The van der Waals surface area contributed by atoms with Crippen LogP contribution < -0.4 is 0 Å². The number of nitrogens with zero attached hydrogens (tertiary/aromatic N) is 1. The Kier molecular flexibility index (Phi) is 4.65. The van der Waals surface area contributed by atoms with Crippen LogP contribution in [0.5, 0.6) is 0 Å². The zero-order valence-corrected chi connectivity index (χ0v) is 12.0. The van der Waals surface area contributed by atoms with Crippen molar-refractivity contribution >= 4 is 23.1 Å². The van der Waals surface area contributed by atoms with Gasteiger partial charge in [-0.2, -0.15) is 11.8 Å². The van der Waals surface area contributed by atoms with Gasteiger partial charge in [0.05, 0.1) is 5.69 Å². The van der Waals surface area contributed by atoms with Crippen LogP contribution in [0, 0.1) is 5.92 Å². The summed E-state index contributed by atoms with van der Waals surface area (Å²) in [6, 6.07) is 0. The summed E-state index contributed by atoms with van der Waals surface area (Å²) in [5.74, 6) is 3.07. The van der Waals surface area contributed by atoms with Crippen molar-refractivity contribution in [2.75, 3.05) is 5.75 Å². The van der Waals surface area contributed by atoms with Crippen molar-refractivity contribution < 1.29 is 0 Å². The van der Waals surface area contributed by atoms with Gasteiger partial charge in [-0.25, -0.2) is 4.98 Å². The third-order valence-electron chi connectivity index (χ3n) is 2.00. The maximum absolute atomic E-state index is 4.68. The Morgan fingerprint density at radius 2 is 2.07 bits per heavy atom. The van der Waals surface area contributed by atoms with Crippen molar-refractivity contribution in [2.45, 2.75) is 45.8 Å². The molecule has 1 heterocycles. The van der Waals surface area contributed by atoms with Crippen LogP contribution >= 0.6 is 23.1 Å². The standard InChI is InChI=1S/C12H21NS2/c1-9(2)6-14-8-11-13-10(7-15-11)12(3,4)5/h7,9H,6,8H2,1-5H3. The zero-order valence-electron chi connectivity index (χ0n) is 10.3. The molecule has 0 saturated heterocycles. The number of rotatable bonds is 4. The largest absolute Gasteiger partial charge is 0.245 e. The fraction of sp³-hybridized carbons (Fsp3) is 0.750. The molecule has 0 bridgehead atoms. The van der Waals surface area contributed by atoms with Crippen LogP contribution in [0.15, 0.2) is 5.38 Å². The van der Waals surface area contributed by atoms with E-state index in [1.165, 1.54) is 16.5 Å². The number of thiazole rings is 1. The highest BCUT2D eigenvalue weighted by molar-refractivity contribution is 7.98. The molecule has 0 spiro atoms. The van der Waals surface area contributed by atoms with Gasteiger partial charge in [0.1, 0.15) is 5.01 Å². The lowest BCUT2D eigenvalue weighted by molar-refractivity contribution is 0.571. The highest BCUT2D eigenvalue weighted by atomic mass is 32.2. The molecule has 0 aliphatic rings. The summed E-state index contributed by atoms with van der Waals surface area (Å²) in [4.78, 5) is 4.68. The van der Waals surface area contributed by atoms with E-state index >= 15 is 0 Å². The fourth-order valence-electron chi connectivity index (χ4n) is 1.10. The summed E-state index contributed by atoms with van der Waals surface area (Å²) >= 11 is 3.78. The van der Waals surface area contributed by atoms with E-state index in [2.05, 4.69) is 45.0 Å². The summed E-state index contributed by atoms with van der Waals surface area (Å²) in [6.07, 6.45) is 0. The van der Waals surface area contributed by atoms with E-state index in [-0.39, 0.29) is 5.41 Å². The predicted molar refractivity (Wildman–Crippen MR) is 71.8 cm³/mol. The predicted octanol–water partition coefficient (Wildman–Crippen LogP) is 4.33. The van der Waals surface area contributed by atoms with Gasteiger partial charge in [-0.1, -0.05) is 34.6 Å². The topological polar surface area (TPSA) is 12.9 Å². The smallest absolute Gasteiger partial charge is 0.103 e. The first-order valence-corrected chi connectivity index (χ1v) is 7.45. The van der Waals surface area contributed by atoms with Crippen LogP contribution in [0.1, 0.15) is 45.3 Å².